The molecule has 7 heteroatoms. The molecule has 2 fully saturated rings. The predicted octanol–water partition coefficient (Wildman–Crippen LogP) is 2.40. The Morgan fingerprint density at radius 2 is 1.87 bits per heavy atom. The fourth-order valence-electron chi connectivity index (χ4n) is 4.26. The van der Waals surface area contributed by atoms with Crippen LogP contribution < -0.4 is 16.0 Å². The van der Waals surface area contributed by atoms with Gasteiger partial charge < -0.3 is 20.7 Å². The maximum absolute atomic E-state index is 12.5. The summed E-state index contributed by atoms with van der Waals surface area (Å²) < 4.78 is 5.43. The number of amides is 3. The molecule has 0 radical (unpaired) electrons. The number of nitrogens with zero attached hydrogens (tertiary/aromatic N) is 1. The van der Waals surface area contributed by atoms with Crippen LogP contribution in [-0.2, 0) is 22.6 Å². The lowest BCUT2D eigenvalue weighted by Gasteiger charge is -2.29. The Morgan fingerprint density at radius 1 is 1.13 bits per heavy atom. The van der Waals surface area contributed by atoms with Crippen molar-refractivity contribution in [2.45, 2.75) is 64.7 Å². The van der Waals surface area contributed by atoms with Gasteiger partial charge in [0.1, 0.15) is 0 Å². The molecule has 1 aliphatic carbocycles. The van der Waals surface area contributed by atoms with Crippen molar-refractivity contribution in [1.82, 2.24) is 20.9 Å². The molecule has 1 heterocycles. The van der Waals surface area contributed by atoms with E-state index in [1.807, 2.05) is 26.0 Å². The maximum atomic E-state index is 12.5. The van der Waals surface area contributed by atoms with Gasteiger partial charge in [-0.15, -0.1) is 0 Å². The molecule has 3 N–H and O–H groups in total. The number of hydrogen-bond donors (Lipinski definition) is 3. The van der Waals surface area contributed by atoms with E-state index in [1.165, 1.54) is 5.56 Å². The Bertz CT molecular complexity index is 703. The van der Waals surface area contributed by atoms with Gasteiger partial charge in [0, 0.05) is 44.2 Å². The van der Waals surface area contributed by atoms with Crippen molar-refractivity contribution in [1.29, 1.82) is 0 Å². The monoisotopic (exact) mass is 416 g/mol. The van der Waals surface area contributed by atoms with E-state index in [0.717, 1.165) is 57.7 Å². The van der Waals surface area contributed by atoms with Crippen LogP contribution in [-0.4, -0.2) is 55.2 Å². The quantitative estimate of drug-likeness (QED) is 0.637. The number of ether oxygens (including phenoxy) is 1. The minimum Gasteiger partial charge on any atom is -0.379 e. The van der Waals surface area contributed by atoms with Gasteiger partial charge in [0.15, 0.2) is 0 Å². The van der Waals surface area contributed by atoms with Gasteiger partial charge in [-0.2, -0.15) is 0 Å². The molecule has 1 aromatic carbocycles. The highest BCUT2D eigenvalue weighted by atomic mass is 16.5. The van der Waals surface area contributed by atoms with Crippen LogP contribution >= 0.6 is 0 Å². The lowest BCUT2D eigenvalue weighted by atomic mass is 9.85. The summed E-state index contributed by atoms with van der Waals surface area (Å²) in [6, 6.07) is 8.29. The number of urea groups is 1. The molecule has 0 spiro atoms. The van der Waals surface area contributed by atoms with Crippen molar-refractivity contribution in [3.63, 3.8) is 0 Å². The molecular weight excluding hydrogens is 380 g/mol. The molecule has 1 aliphatic heterocycles. The highest BCUT2D eigenvalue weighted by molar-refractivity contribution is 5.79. The van der Waals surface area contributed by atoms with E-state index in [-0.39, 0.29) is 29.9 Å². The van der Waals surface area contributed by atoms with E-state index in [9.17, 15) is 9.59 Å². The maximum Gasteiger partial charge on any atom is 0.315 e. The fourth-order valence-corrected chi connectivity index (χ4v) is 4.26. The molecule has 7 nitrogen and oxygen atoms in total. The van der Waals surface area contributed by atoms with Crippen molar-refractivity contribution in [2.75, 3.05) is 26.3 Å². The van der Waals surface area contributed by atoms with Crippen LogP contribution in [0.4, 0.5) is 4.79 Å². The minimum atomic E-state index is -0.161. The summed E-state index contributed by atoms with van der Waals surface area (Å²) in [5.74, 6) is 0.0923. The van der Waals surface area contributed by atoms with Crippen LogP contribution in [0.2, 0.25) is 0 Å². The summed E-state index contributed by atoms with van der Waals surface area (Å²) >= 11 is 0. The van der Waals surface area contributed by atoms with Crippen molar-refractivity contribution in [3.8, 4) is 0 Å². The van der Waals surface area contributed by atoms with E-state index in [1.54, 1.807) is 0 Å². The van der Waals surface area contributed by atoms with Crippen molar-refractivity contribution < 1.29 is 14.3 Å². The standard InChI is InChI=1S/C23H36N4O3/c1-17(2)25-22(28)18-8-5-9-21(14-18)26-23(29)24-15-19-6-3-4-7-20(19)16-27-10-12-30-13-11-27/h3-4,6-7,17-18,21H,5,8-16H2,1-2H3,(H,25,28)(H2,24,26,29). The normalized spacial score (nSPS) is 22.5. The van der Waals surface area contributed by atoms with Gasteiger partial charge in [-0.1, -0.05) is 30.7 Å². The molecule has 2 atom stereocenters. The third-order valence-corrected chi connectivity index (χ3v) is 5.87. The van der Waals surface area contributed by atoms with Gasteiger partial charge in [-0.05, 0) is 44.2 Å². The molecular formula is C23H36N4O3. The van der Waals surface area contributed by atoms with E-state index in [2.05, 4.69) is 33.0 Å². The Labute approximate surface area is 179 Å². The largest absolute Gasteiger partial charge is 0.379 e. The molecule has 1 aromatic rings. The summed E-state index contributed by atoms with van der Waals surface area (Å²) in [5.41, 5.74) is 2.37. The first kappa shape index (κ1) is 22.6. The third-order valence-electron chi connectivity index (χ3n) is 5.87. The van der Waals surface area contributed by atoms with Crippen molar-refractivity contribution in [2.24, 2.45) is 5.92 Å². The van der Waals surface area contributed by atoms with Crippen LogP contribution in [0, 0.1) is 5.92 Å². The number of rotatable bonds is 7. The summed E-state index contributed by atoms with van der Waals surface area (Å²) in [6.07, 6.45) is 3.49. The number of morpholine rings is 1. The SMILES string of the molecule is CC(C)NC(=O)C1CCCC(NC(=O)NCc2ccccc2CN2CCOCC2)C1. The summed E-state index contributed by atoms with van der Waals surface area (Å²) in [4.78, 5) is 27.2. The highest BCUT2D eigenvalue weighted by Crippen LogP contribution is 2.24. The summed E-state index contributed by atoms with van der Waals surface area (Å²) in [6.45, 7) is 8.75. The average Bonchev–Trinajstić information content (AvgIpc) is 2.73. The smallest absolute Gasteiger partial charge is 0.315 e. The summed E-state index contributed by atoms with van der Waals surface area (Å²) in [7, 11) is 0. The molecule has 2 aliphatic rings. The molecule has 0 aromatic heterocycles. The van der Waals surface area contributed by atoms with E-state index in [0.29, 0.717) is 13.0 Å². The van der Waals surface area contributed by atoms with Gasteiger partial charge in [0.2, 0.25) is 5.91 Å². The first-order valence-corrected chi connectivity index (χ1v) is 11.2. The Balaban J connectivity index is 1.47. The number of carbonyl (C=O) groups is 2. The fraction of sp³-hybridized carbons (Fsp3) is 0.652. The zero-order chi connectivity index (χ0) is 21.3. The van der Waals surface area contributed by atoms with Crippen LogP contribution in [0.25, 0.3) is 0 Å². The zero-order valence-corrected chi connectivity index (χ0v) is 18.3. The zero-order valence-electron chi connectivity index (χ0n) is 18.3. The Morgan fingerprint density at radius 3 is 2.60 bits per heavy atom. The second-order valence-electron chi connectivity index (χ2n) is 8.71. The first-order chi connectivity index (χ1) is 14.5. The lowest BCUT2D eigenvalue weighted by molar-refractivity contribution is -0.126. The van der Waals surface area contributed by atoms with Gasteiger partial charge in [-0.3, -0.25) is 9.69 Å². The molecule has 1 saturated carbocycles. The number of hydrogen-bond acceptors (Lipinski definition) is 4. The van der Waals surface area contributed by atoms with E-state index in [4.69, 9.17) is 4.74 Å². The van der Waals surface area contributed by atoms with Crippen LogP contribution in [0.1, 0.15) is 50.7 Å². The average molecular weight is 417 g/mol. The topological polar surface area (TPSA) is 82.7 Å². The molecule has 1 saturated heterocycles. The molecule has 30 heavy (non-hydrogen) atoms. The minimum absolute atomic E-state index is 0.0132. The van der Waals surface area contributed by atoms with Crippen LogP contribution in [0.15, 0.2) is 24.3 Å². The summed E-state index contributed by atoms with van der Waals surface area (Å²) in [5, 5.41) is 9.07. The highest BCUT2D eigenvalue weighted by Gasteiger charge is 2.28. The molecule has 3 rings (SSSR count). The Kier molecular flexibility index (Phi) is 8.51. The second-order valence-corrected chi connectivity index (χ2v) is 8.71. The first-order valence-electron chi connectivity index (χ1n) is 11.2. The number of carbonyl (C=O) groups excluding carboxylic acids is 2. The molecule has 166 valence electrons. The van der Waals surface area contributed by atoms with Crippen molar-refractivity contribution >= 4 is 11.9 Å². The lowest BCUT2D eigenvalue weighted by Crippen LogP contribution is -2.46. The van der Waals surface area contributed by atoms with Crippen LogP contribution in [0.3, 0.4) is 0 Å². The van der Waals surface area contributed by atoms with Crippen LogP contribution in [0.5, 0.6) is 0 Å². The van der Waals surface area contributed by atoms with Gasteiger partial charge in [0.05, 0.1) is 13.2 Å². The predicted molar refractivity (Wildman–Crippen MR) is 117 cm³/mol. The number of benzene rings is 1. The van der Waals surface area contributed by atoms with Gasteiger partial charge >= 0.3 is 6.03 Å². The van der Waals surface area contributed by atoms with E-state index < -0.39 is 0 Å². The van der Waals surface area contributed by atoms with E-state index >= 15 is 0 Å². The van der Waals surface area contributed by atoms with Gasteiger partial charge in [-0.25, -0.2) is 4.79 Å². The Hall–Kier alpha value is -2.12. The number of nitrogens with one attached hydrogen (secondary N) is 3. The molecule has 3 amide bonds. The van der Waals surface area contributed by atoms with Crippen molar-refractivity contribution in [3.05, 3.63) is 35.4 Å². The third kappa shape index (κ3) is 6.99. The molecule has 0 bridgehead atoms. The molecule has 2 unspecified atom stereocenters. The van der Waals surface area contributed by atoms with Gasteiger partial charge in [0.25, 0.3) is 0 Å². The second kappa shape index (κ2) is 11.3.